The van der Waals surface area contributed by atoms with Crippen LogP contribution in [0.4, 0.5) is 4.39 Å². The summed E-state index contributed by atoms with van der Waals surface area (Å²) in [4.78, 5) is 0.128. The number of hydrogen-bond donors (Lipinski definition) is 2. The maximum absolute atomic E-state index is 13.5. The van der Waals surface area contributed by atoms with E-state index in [0.29, 0.717) is 5.56 Å². The Bertz CT molecular complexity index is 713. The van der Waals surface area contributed by atoms with Crippen LogP contribution in [0.5, 0.6) is 0 Å². The minimum atomic E-state index is -3.68. The second-order valence-electron chi connectivity index (χ2n) is 4.77. The summed E-state index contributed by atoms with van der Waals surface area (Å²) in [5, 5.41) is 0. The molecule has 0 spiro atoms. The minimum Gasteiger partial charge on any atom is -0.324 e. The number of benzene rings is 2. The molecule has 1 unspecified atom stereocenters. The van der Waals surface area contributed by atoms with Gasteiger partial charge in [-0.05, 0) is 30.7 Å². The molecule has 0 saturated carbocycles. The Morgan fingerprint density at radius 2 is 1.76 bits per heavy atom. The van der Waals surface area contributed by atoms with Gasteiger partial charge < -0.3 is 5.73 Å². The second kappa shape index (κ2) is 6.34. The van der Waals surface area contributed by atoms with E-state index in [1.165, 1.54) is 24.3 Å². The van der Waals surface area contributed by atoms with Crippen molar-refractivity contribution >= 4 is 10.0 Å². The Morgan fingerprint density at radius 3 is 2.33 bits per heavy atom. The topological polar surface area (TPSA) is 72.2 Å². The number of nitrogens with two attached hydrogens (primary N) is 1. The Kier molecular flexibility index (Phi) is 4.72. The van der Waals surface area contributed by atoms with E-state index in [-0.39, 0.29) is 17.5 Å². The van der Waals surface area contributed by atoms with E-state index >= 15 is 0 Å². The molecule has 0 radical (unpaired) electrons. The quantitative estimate of drug-likeness (QED) is 0.890. The fourth-order valence-electron chi connectivity index (χ4n) is 1.85. The van der Waals surface area contributed by atoms with Crippen LogP contribution >= 0.6 is 0 Å². The first-order valence-corrected chi connectivity index (χ1v) is 7.97. The van der Waals surface area contributed by atoms with Gasteiger partial charge in [0.1, 0.15) is 5.82 Å². The van der Waals surface area contributed by atoms with E-state index in [1.807, 2.05) is 6.92 Å². The summed E-state index contributed by atoms with van der Waals surface area (Å²) < 4.78 is 40.1. The van der Waals surface area contributed by atoms with Gasteiger partial charge in [0.05, 0.1) is 4.90 Å². The summed E-state index contributed by atoms with van der Waals surface area (Å²) in [6.45, 7) is 1.73. The molecule has 3 N–H and O–H groups in total. The van der Waals surface area contributed by atoms with Crippen molar-refractivity contribution in [2.75, 3.05) is 0 Å². The lowest BCUT2D eigenvalue weighted by molar-refractivity contribution is 0.574. The monoisotopic (exact) mass is 308 g/mol. The standard InChI is InChI=1S/C15H17FN2O2S/c1-11(17)12-6-8-14(9-7-12)21(19,20)18-10-13-4-2-3-5-15(13)16/h2-9,11,18H,10,17H2,1H3. The summed E-state index contributed by atoms with van der Waals surface area (Å²) in [6.07, 6.45) is 0. The third kappa shape index (κ3) is 3.87. The third-order valence-corrected chi connectivity index (χ3v) is 4.54. The largest absolute Gasteiger partial charge is 0.324 e. The van der Waals surface area contributed by atoms with Gasteiger partial charge in [-0.1, -0.05) is 30.3 Å². The second-order valence-corrected chi connectivity index (χ2v) is 6.54. The van der Waals surface area contributed by atoms with Crippen LogP contribution in [0.15, 0.2) is 53.4 Å². The zero-order valence-corrected chi connectivity index (χ0v) is 12.4. The molecular weight excluding hydrogens is 291 g/mol. The molecule has 2 aromatic rings. The molecule has 0 aliphatic heterocycles. The summed E-state index contributed by atoms with van der Waals surface area (Å²) >= 11 is 0. The Hall–Kier alpha value is -1.76. The van der Waals surface area contributed by atoms with E-state index in [1.54, 1.807) is 24.3 Å². The van der Waals surface area contributed by atoms with E-state index in [4.69, 9.17) is 5.73 Å². The van der Waals surface area contributed by atoms with Crippen LogP contribution in [0.25, 0.3) is 0 Å². The van der Waals surface area contributed by atoms with Gasteiger partial charge in [0.2, 0.25) is 10.0 Å². The smallest absolute Gasteiger partial charge is 0.240 e. The highest BCUT2D eigenvalue weighted by Crippen LogP contribution is 2.15. The molecular formula is C15H17FN2O2S. The molecule has 0 aliphatic carbocycles. The van der Waals surface area contributed by atoms with Crippen molar-refractivity contribution in [3.8, 4) is 0 Å². The minimum absolute atomic E-state index is 0.0932. The molecule has 0 heterocycles. The SMILES string of the molecule is CC(N)c1ccc(S(=O)(=O)NCc2ccccc2F)cc1. The predicted octanol–water partition coefficient (Wildman–Crippen LogP) is 2.32. The van der Waals surface area contributed by atoms with Crippen molar-refractivity contribution in [1.29, 1.82) is 0 Å². The highest BCUT2D eigenvalue weighted by molar-refractivity contribution is 7.89. The van der Waals surface area contributed by atoms with Crippen LogP contribution in [0, 0.1) is 5.82 Å². The lowest BCUT2D eigenvalue weighted by Crippen LogP contribution is -2.23. The fraction of sp³-hybridized carbons (Fsp3) is 0.200. The molecule has 0 aromatic heterocycles. The van der Waals surface area contributed by atoms with Crippen LogP contribution in [0.3, 0.4) is 0 Å². The lowest BCUT2D eigenvalue weighted by atomic mass is 10.1. The molecule has 0 fully saturated rings. The Labute approximate surface area is 123 Å². The molecule has 0 amide bonds. The van der Waals surface area contributed by atoms with Crippen LogP contribution in [-0.2, 0) is 16.6 Å². The first-order chi connectivity index (χ1) is 9.90. The third-order valence-electron chi connectivity index (χ3n) is 3.13. The highest BCUT2D eigenvalue weighted by Gasteiger charge is 2.14. The van der Waals surface area contributed by atoms with Crippen LogP contribution < -0.4 is 10.5 Å². The van der Waals surface area contributed by atoms with Gasteiger partial charge in [-0.2, -0.15) is 0 Å². The highest BCUT2D eigenvalue weighted by atomic mass is 32.2. The molecule has 112 valence electrons. The van der Waals surface area contributed by atoms with E-state index in [2.05, 4.69) is 4.72 Å². The number of hydrogen-bond acceptors (Lipinski definition) is 3. The molecule has 2 aromatic carbocycles. The zero-order chi connectivity index (χ0) is 15.5. The zero-order valence-electron chi connectivity index (χ0n) is 11.6. The lowest BCUT2D eigenvalue weighted by Gasteiger charge is -2.09. The first-order valence-electron chi connectivity index (χ1n) is 6.49. The van der Waals surface area contributed by atoms with Crippen LogP contribution in [-0.4, -0.2) is 8.42 Å². The molecule has 1 atom stereocenters. The van der Waals surface area contributed by atoms with Crippen molar-refractivity contribution in [3.05, 3.63) is 65.5 Å². The molecule has 0 aliphatic rings. The van der Waals surface area contributed by atoms with Crippen molar-refractivity contribution in [2.45, 2.75) is 24.4 Å². The Balaban J connectivity index is 2.13. The maximum Gasteiger partial charge on any atom is 0.240 e. The van der Waals surface area contributed by atoms with Crippen molar-refractivity contribution < 1.29 is 12.8 Å². The maximum atomic E-state index is 13.5. The normalized spacial score (nSPS) is 13.1. The van der Waals surface area contributed by atoms with Gasteiger partial charge >= 0.3 is 0 Å². The summed E-state index contributed by atoms with van der Waals surface area (Å²) in [5.41, 5.74) is 6.87. The van der Waals surface area contributed by atoms with Gasteiger partial charge in [-0.15, -0.1) is 0 Å². The number of rotatable bonds is 5. The van der Waals surface area contributed by atoms with Gasteiger partial charge in [0.15, 0.2) is 0 Å². The molecule has 2 rings (SSSR count). The van der Waals surface area contributed by atoms with Crippen LogP contribution in [0.2, 0.25) is 0 Å². The van der Waals surface area contributed by atoms with Crippen LogP contribution in [0.1, 0.15) is 24.1 Å². The molecule has 0 bridgehead atoms. The van der Waals surface area contributed by atoms with E-state index in [0.717, 1.165) is 5.56 Å². The van der Waals surface area contributed by atoms with Gasteiger partial charge in [-0.3, -0.25) is 0 Å². The number of halogens is 1. The van der Waals surface area contributed by atoms with E-state index < -0.39 is 15.8 Å². The van der Waals surface area contributed by atoms with Crippen molar-refractivity contribution in [1.82, 2.24) is 4.72 Å². The fourth-order valence-corrected chi connectivity index (χ4v) is 2.85. The summed E-state index contributed by atoms with van der Waals surface area (Å²) in [6, 6.07) is 12.2. The summed E-state index contributed by atoms with van der Waals surface area (Å²) in [5.74, 6) is -0.437. The molecule has 6 heteroatoms. The van der Waals surface area contributed by atoms with Crippen molar-refractivity contribution in [3.63, 3.8) is 0 Å². The average Bonchev–Trinajstić information content (AvgIpc) is 2.46. The first kappa shape index (κ1) is 15.6. The average molecular weight is 308 g/mol. The number of sulfonamides is 1. The summed E-state index contributed by atoms with van der Waals surface area (Å²) in [7, 11) is -3.68. The predicted molar refractivity (Wildman–Crippen MR) is 79.5 cm³/mol. The molecule has 4 nitrogen and oxygen atoms in total. The number of nitrogens with one attached hydrogen (secondary N) is 1. The van der Waals surface area contributed by atoms with Crippen molar-refractivity contribution in [2.24, 2.45) is 5.73 Å². The van der Waals surface area contributed by atoms with Gasteiger partial charge in [0.25, 0.3) is 0 Å². The molecule has 21 heavy (non-hydrogen) atoms. The van der Waals surface area contributed by atoms with E-state index in [9.17, 15) is 12.8 Å². The van der Waals surface area contributed by atoms with Gasteiger partial charge in [0, 0.05) is 18.2 Å². The van der Waals surface area contributed by atoms with Gasteiger partial charge in [-0.25, -0.2) is 17.5 Å². The molecule has 0 saturated heterocycles. The Morgan fingerprint density at radius 1 is 1.14 bits per heavy atom.